The molecule has 0 aromatic carbocycles. The number of carbonyl (C=O) groups is 1. The Bertz CT molecular complexity index is 7350. The number of nitrogens with zero attached hydrogens (tertiary/aromatic N) is 30. The summed E-state index contributed by atoms with van der Waals surface area (Å²) in [4.78, 5) is 177. The maximum absolute atomic E-state index is 12.1. The number of anilines is 5. The molecule has 1 aliphatic rings. The molecule has 0 spiro atoms. The Morgan fingerprint density at radius 1 is 0.394 bits per heavy atom. The van der Waals surface area contributed by atoms with E-state index in [1.165, 1.54) is 21.6 Å². The Balaban J connectivity index is 0.000000130. The van der Waals surface area contributed by atoms with Crippen LogP contribution in [-0.2, 0) is 11.3 Å². The summed E-state index contributed by atoms with van der Waals surface area (Å²) in [5.74, 6) is 2.31. The average Bonchev–Trinajstić information content (AvgIpc) is 1.61. The fraction of sp³-hybridized carbons (Fsp3) is 0.359. The Kier molecular flexibility index (Phi) is 26.6. The first-order valence-electron chi connectivity index (χ1n) is 40.1. The van der Waals surface area contributed by atoms with Crippen LogP contribution in [0.2, 0.25) is 0 Å². The van der Waals surface area contributed by atoms with Crippen LogP contribution in [0.25, 0.3) is 95.2 Å². The highest BCUT2D eigenvalue weighted by Gasteiger charge is 2.25. The molecule has 0 radical (unpaired) electrons. The van der Waals surface area contributed by atoms with Gasteiger partial charge in [0.2, 0.25) is 40.7 Å². The van der Waals surface area contributed by atoms with Crippen LogP contribution >= 0.6 is 0 Å². The van der Waals surface area contributed by atoms with Crippen molar-refractivity contribution in [2.24, 2.45) is 0 Å². The summed E-state index contributed by atoms with van der Waals surface area (Å²) in [6.45, 7) is 36.3. The first-order valence-corrected chi connectivity index (χ1v) is 40.1. The van der Waals surface area contributed by atoms with Crippen molar-refractivity contribution in [1.82, 2.24) is 169 Å². The summed E-state index contributed by atoms with van der Waals surface area (Å²) in [6.07, 6.45) is 26.2. The highest BCUT2D eigenvalue weighted by Crippen LogP contribution is 2.22. The number of rotatable bonds is 9. The highest BCUT2D eigenvalue weighted by atomic mass is 16.2. The van der Waals surface area contributed by atoms with Crippen LogP contribution in [0, 0.1) is 0 Å². The molecule has 0 fully saturated rings. The first-order chi connectivity index (χ1) is 60.3. The van der Waals surface area contributed by atoms with E-state index in [0.717, 1.165) is 16.8 Å². The number of fused-ring (bicyclic) bond motifs is 11. The SMILES string of the molecule is CC(C)n1ccc(=O)c2nccn21.CC(C)n1ccc(=O)n2ccnc12.CC(C)n1cnc2c(=O)[nH]c(N)cc21.CC(C)n1cnc2c(=O)[nH]c(N)nc21.CC(C)n1cnc2c(=O)[nH]cnc21.CC(C)n1cnc2c(=O)n3c(nc21)NC(=O)C3.CC(C)n1cnc2c(=O)n3ccnc3[nH]c21.CC(C)n1cnc2c(N)ncnc21.CC(C)n1nnc2c(=O)[nH]c(N)nc21. The number of nitrogens with two attached hydrogens (primary N) is 4. The van der Waals surface area contributed by atoms with Crippen molar-refractivity contribution < 1.29 is 4.79 Å². The van der Waals surface area contributed by atoms with Gasteiger partial charge in [0, 0.05) is 116 Å². The van der Waals surface area contributed by atoms with Crippen molar-refractivity contribution in [3.63, 3.8) is 0 Å². The van der Waals surface area contributed by atoms with Gasteiger partial charge in [-0.25, -0.2) is 73.4 Å². The maximum Gasteiger partial charge on any atom is 0.287 e. The molecule has 14 N–H and O–H groups in total. The molecule has 19 aromatic rings. The van der Waals surface area contributed by atoms with Gasteiger partial charge in [0.15, 0.2) is 72.8 Å². The van der Waals surface area contributed by atoms with Gasteiger partial charge in [0.05, 0.1) is 55.8 Å². The van der Waals surface area contributed by atoms with Crippen molar-refractivity contribution in [3.05, 3.63) is 201 Å². The molecule has 0 unspecified atom stereocenters. The summed E-state index contributed by atoms with van der Waals surface area (Å²) in [6, 6.07) is 7.01. The van der Waals surface area contributed by atoms with Gasteiger partial charge in [-0.1, -0.05) is 5.21 Å². The van der Waals surface area contributed by atoms with Crippen LogP contribution < -0.4 is 72.6 Å². The van der Waals surface area contributed by atoms with Gasteiger partial charge in [-0.2, -0.15) is 15.0 Å². The standard InChI is InChI=1S/C10H11N5O2.C10H11N5O.C9H12N4O.2C9H11N3O.C8H11N5O.C8H11N5.C8H10N4O.C7H10N6O/c1-5(2)15-4-11-7-8(15)13-10-12-6(16)3-14(10)9(7)17;1-6(2)15-5-12-7-8(15)13-10-11-3-4-14(10)9(7)16;1-5(2)13-4-11-8-6(13)3-7(10)12-9(8)14;1-7(2)11-5-3-8(13)12-6-4-10-9(11)12;1-7(2)11-5-3-8(13)9-10-4-6-12(9)11;1-4(2)13-3-10-5-6(13)11-8(9)12-7(5)14;1-5(2)13-4-12-6-7(9)10-3-11-8(6)13;1-5(2)12-4-11-6-7(12)9-3-10-8(6)13;1-3(2)13-5-4(11-12-13)6(14)10-7(8)9-5/h4-5H,3H2,1-2H3,(H,12,13,16);3-6H,1-2H3,(H,11,13);3-5H,1-2H3,(H3,10,12,14);2*3-7H,1-2H3;3-4H,1-2H3,(H3,9,11,12,14);3-5H,1-2H3,(H2,9,10,11);3-5H,1-2H3,(H,9,10,13);3H,1-2H3,(H3,8,9,10,14). The number of H-pyrrole nitrogens is 5. The van der Waals surface area contributed by atoms with E-state index >= 15 is 0 Å². The minimum Gasteiger partial charge on any atom is -0.385 e. The van der Waals surface area contributed by atoms with Crippen LogP contribution in [0.3, 0.4) is 0 Å². The number of aromatic amines is 5. The van der Waals surface area contributed by atoms with Crippen LogP contribution in [0.5, 0.6) is 0 Å². The van der Waals surface area contributed by atoms with Crippen molar-refractivity contribution in [2.45, 2.75) is 186 Å². The molecule has 664 valence electrons. The molecule has 0 saturated carbocycles. The molecule has 49 nitrogen and oxygen atoms in total. The van der Waals surface area contributed by atoms with E-state index in [2.05, 4.69) is 157 Å². The summed E-state index contributed by atoms with van der Waals surface area (Å²) in [5.41, 5.74) is 28.2. The van der Waals surface area contributed by atoms with Crippen LogP contribution in [0.4, 0.5) is 29.5 Å². The summed E-state index contributed by atoms with van der Waals surface area (Å²) < 4.78 is 22.8. The highest BCUT2D eigenvalue weighted by molar-refractivity contribution is 5.93. The number of pyridine rings is 1. The zero-order chi connectivity index (χ0) is 92.0. The van der Waals surface area contributed by atoms with E-state index in [1.54, 1.807) is 124 Å². The number of aromatic nitrogens is 35. The largest absolute Gasteiger partial charge is 0.385 e. The van der Waals surface area contributed by atoms with E-state index in [0.29, 0.717) is 109 Å². The number of hydrogen-bond acceptors (Lipinski definition) is 30. The molecule has 0 saturated heterocycles. The predicted octanol–water partition coefficient (Wildman–Crippen LogP) is 5.77. The number of hydrogen-bond donors (Lipinski definition) is 10. The fourth-order valence-corrected chi connectivity index (χ4v) is 13.0. The van der Waals surface area contributed by atoms with Gasteiger partial charge in [-0.05, 0) is 125 Å². The Morgan fingerprint density at radius 2 is 0.913 bits per heavy atom. The summed E-state index contributed by atoms with van der Waals surface area (Å²) in [7, 11) is 0. The van der Waals surface area contributed by atoms with E-state index in [9.17, 15) is 43.2 Å². The second-order valence-corrected chi connectivity index (χ2v) is 31.3. The molecule has 0 bridgehead atoms. The molecule has 20 heterocycles. The van der Waals surface area contributed by atoms with Crippen LogP contribution in [-0.4, -0.2) is 175 Å². The fourth-order valence-electron chi connectivity index (χ4n) is 13.0. The lowest BCUT2D eigenvalue weighted by molar-refractivity contribution is -0.115. The average molecular weight is 1740 g/mol. The third kappa shape index (κ3) is 19.0. The lowest BCUT2D eigenvalue weighted by atomic mass is 10.3. The van der Waals surface area contributed by atoms with E-state index in [-0.39, 0.29) is 110 Å². The van der Waals surface area contributed by atoms with Gasteiger partial charge in [0.25, 0.3) is 38.9 Å². The molecule has 0 aliphatic carbocycles. The van der Waals surface area contributed by atoms with Gasteiger partial charge in [0.1, 0.15) is 29.9 Å². The zero-order valence-electron chi connectivity index (χ0n) is 72.8. The van der Waals surface area contributed by atoms with E-state index in [4.69, 9.17) is 22.9 Å². The third-order valence-corrected chi connectivity index (χ3v) is 19.3. The van der Waals surface area contributed by atoms with E-state index in [1.807, 2.05) is 115 Å². The van der Waals surface area contributed by atoms with Crippen molar-refractivity contribution in [2.75, 3.05) is 28.3 Å². The summed E-state index contributed by atoms with van der Waals surface area (Å²) in [5, 5.41) is 10.1. The Hall–Kier alpha value is -16.3. The lowest BCUT2D eigenvalue weighted by Gasteiger charge is -2.12. The topological polar surface area (TPSA) is 630 Å². The van der Waals surface area contributed by atoms with Crippen LogP contribution in [0.15, 0.2) is 157 Å². The lowest BCUT2D eigenvalue weighted by Crippen LogP contribution is -2.20. The number of carbonyl (C=O) groups excluding carboxylic acids is 1. The predicted molar refractivity (Wildman–Crippen MR) is 477 cm³/mol. The number of nitrogens with one attached hydrogen (secondary N) is 6. The van der Waals surface area contributed by atoms with Crippen LogP contribution in [0.1, 0.15) is 179 Å². The van der Waals surface area contributed by atoms with Gasteiger partial charge in [-0.3, -0.25) is 72.1 Å². The monoisotopic (exact) mass is 1740 g/mol. The van der Waals surface area contributed by atoms with Gasteiger partial charge in [-0.15, -0.1) is 5.10 Å². The molecule has 19 aromatic heterocycles. The zero-order valence-corrected chi connectivity index (χ0v) is 72.8. The van der Waals surface area contributed by atoms with Crippen molar-refractivity contribution in [1.29, 1.82) is 0 Å². The molecule has 1 amide bonds. The minimum atomic E-state index is -0.362. The Labute approximate surface area is 716 Å². The van der Waals surface area contributed by atoms with E-state index < -0.39 is 0 Å². The molecular formula is C78H98N40O9. The molecule has 49 heteroatoms. The normalized spacial score (nSPS) is 11.8. The van der Waals surface area contributed by atoms with Crippen molar-refractivity contribution >= 4 is 131 Å². The minimum absolute atomic E-state index is 0.0195. The number of imidazole rings is 9. The third-order valence-electron chi connectivity index (χ3n) is 19.3. The molecule has 1 aliphatic heterocycles. The molecule has 0 atom stereocenters. The second-order valence-electron chi connectivity index (χ2n) is 31.3. The van der Waals surface area contributed by atoms with Crippen molar-refractivity contribution in [3.8, 4) is 0 Å². The molecule has 20 rings (SSSR count). The quantitative estimate of drug-likeness (QED) is 0.0819. The molecular weight excluding hydrogens is 1640 g/mol. The van der Waals surface area contributed by atoms with Gasteiger partial charge >= 0.3 is 0 Å². The smallest absolute Gasteiger partial charge is 0.287 e. The number of amides is 1. The second kappa shape index (κ2) is 37.6. The Morgan fingerprint density at radius 3 is 1.54 bits per heavy atom. The summed E-state index contributed by atoms with van der Waals surface area (Å²) >= 11 is 0. The number of nitrogen functional groups attached to an aromatic ring is 4. The van der Waals surface area contributed by atoms with Gasteiger partial charge < -0.3 is 69.9 Å². The molecule has 127 heavy (non-hydrogen) atoms. The first kappa shape index (κ1) is 89.9. The maximum atomic E-state index is 12.1.